The third kappa shape index (κ3) is 2.93. The predicted molar refractivity (Wildman–Crippen MR) is 65.6 cm³/mol. The molecule has 1 saturated heterocycles. The first-order valence-corrected chi connectivity index (χ1v) is 5.90. The highest BCUT2D eigenvalue weighted by atomic mass is 19.1. The molecule has 1 fully saturated rings. The number of allylic oxidation sites excluding steroid dienone is 1. The van der Waals surface area contributed by atoms with Gasteiger partial charge in [0.2, 0.25) is 5.91 Å². The molecule has 2 rings (SSSR count). The van der Waals surface area contributed by atoms with Gasteiger partial charge in [-0.1, -0.05) is 12.1 Å². The molecule has 0 bridgehead atoms. The summed E-state index contributed by atoms with van der Waals surface area (Å²) >= 11 is 0. The molecule has 1 amide bonds. The number of hydrogen-bond acceptors (Lipinski definition) is 1. The predicted octanol–water partition coefficient (Wildman–Crippen LogP) is 3.20. The van der Waals surface area contributed by atoms with Gasteiger partial charge < -0.3 is 4.90 Å². The summed E-state index contributed by atoms with van der Waals surface area (Å²) in [6.45, 7) is 2.73. The van der Waals surface area contributed by atoms with Crippen LogP contribution in [0.4, 0.5) is 4.39 Å². The second-order valence-electron chi connectivity index (χ2n) is 4.36. The van der Waals surface area contributed by atoms with Crippen LogP contribution in [0.2, 0.25) is 0 Å². The molecule has 0 saturated carbocycles. The standard InChI is InChI=1S/C14H16FNO/c1-11(12-5-7-13(15)8-6-12)10-16-9-3-2-4-14(16)17/h5-8,10H,2-4,9H2,1H3/b11-10+. The minimum atomic E-state index is -0.240. The largest absolute Gasteiger partial charge is 0.319 e. The Bertz CT molecular complexity index is 436. The van der Waals surface area contributed by atoms with Crippen molar-refractivity contribution >= 4 is 11.5 Å². The molecule has 1 aliphatic rings. The molecular formula is C14H16FNO. The van der Waals surface area contributed by atoms with Gasteiger partial charge in [0, 0.05) is 19.2 Å². The SMILES string of the molecule is C/C(=C\N1CCCCC1=O)c1ccc(F)cc1. The summed E-state index contributed by atoms with van der Waals surface area (Å²) in [5, 5.41) is 0. The molecule has 0 aromatic heterocycles. The van der Waals surface area contributed by atoms with Gasteiger partial charge in [-0.15, -0.1) is 0 Å². The smallest absolute Gasteiger partial charge is 0.226 e. The zero-order chi connectivity index (χ0) is 12.3. The van der Waals surface area contributed by atoms with Crippen molar-refractivity contribution in [3.8, 4) is 0 Å². The van der Waals surface area contributed by atoms with E-state index in [1.807, 2.05) is 13.1 Å². The summed E-state index contributed by atoms with van der Waals surface area (Å²) in [6.07, 6.45) is 4.54. The molecule has 1 heterocycles. The van der Waals surface area contributed by atoms with Crippen molar-refractivity contribution in [3.05, 3.63) is 41.8 Å². The molecule has 3 heteroatoms. The Labute approximate surface area is 101 Å². The number of nitrogens with zero attached hydrogens (tertiary/aromatic N) is 1. The molecule has 0 atom stereocenters. The topological polar surface area (TPSA) is 20.3 Å². The van der Waals surface area contributed by atoms with Gasteiger partial charge in [-0.25, -0.2) is 4.39 Å². The maximum Gasteiger partial charge on any atom is 0.226 e. The van der Waals surface area contributed by atoms with Gasteiger partial charge in [-0.3, -0.25) is 4.79 Å². The second kappa shape index (κ2) is 5.13. The number of benzene rings is 1. The first-order valence-electron chi connectivity index (χ1n) is 5.90. The average molecular weight is 233 g/mol. The van der Waals surface area contributed by atoms with Gasteiger partial charge >= 0.3 is 0 Å². The van der Waals surface area contributed by atoms with E-state index < -0.39 is 0 Å². The number of piperidine rings is 1. The number of hydrogen-bond donors (Lipinski definition) is 0. The van der Waals surface area contributed by atoms with Crippen LogP contribution in [0, 0.1) is 5.82 Å². The highest BCUT2D eigenvalue weighted by Crippen LogP contribution is 2.18. The van der Waals surface area contributed by atoms with Gasteiger partial charge in [-0.05, 0) is 43.0 Å². The van der Waals surface area contributed by atoms with Gasteiger partial charge in [-0.2, -0.15) is 0 Å². The summed E-state index contributed by atoms with van der Waals surface area (Å²) in [7, 11) is 0. The fourth-order valence-corrected chi connectivity index (χ4v) is 1.98. The van der Waals surface area contributed by atoms with Gasteiger partial charge in [0.1, 0.15) is 5.82 Å². The number of halogens is 1. The Morgan fingerprint density at radius 2 is 2.00 bits per heavy atom. The maximum atomic E-state index is 12.8. The molecule has 2 nitrogen and oxygen atoms in total. The summed E-state index contributed by atoms with van der Waals surface area (Å²) < 4.78 is 12.8. The lowest BCUT2D eigenvalue weighted by atomic mass is 10.1. The van der Waals surface area contributed by atoms with Crippen LogP contribution in [-0.2, 0) is 4.79 Å². The number of rotatable bonds is 2. The fourth-order valence-electron chi connectivity index (χ4n) is 1.98. The van der Waals surface area contributed by atoms with Crippen LogP contribution in [0.3, 0.4) is 0 Å². The number of amides is 1. The first kappa shape index (κ1) is 11.8. The first-order chi connectivity index (χ1) is 8.16. The van der Waals surface area contributed by atoms with Crippen LogP contribution in [0.5, 0.6) is 0 Å². The Balaban J connectivity index is 2.15. The van der Waals surface area contributed by atoms with E-state index >= 15 is 0 Å². The molecule has 0 radical (unpaired) electrons. The average Bonchev–Trinajstić information content (AvgIpc) is 2.33. The van der Waals surface area contributed by atoms with Crippen molar-refractivity contribution < 1.29 is 9.18 Å². The zero-order valence-electron chi connectivity index (χ0n) is 9.95. The van der Waals surface area contributed by atoms with Crippen molar-refractivity contribution in [2.75, 3.05) is 6.54 Å². The minimum absolute atomic E-state index is 0.178. The van der Waals surface area contributed by atoms with E-state index in [-0.39, 0.29) is 11.7 Å². The Morgan fingerprint density at radius 1 is 1.29 bits per heavy atom. The van der Waals surface area contributed by atoms with Crippen molar-refractivity contribution in [3.63, 3.8) is 0 Å². The molecule has 0 N–H and O–H groups in total. The van der Waals surface area contributed by atoms with Crippen LogP contribution in [-0.4, -0.2) is 17.4 Å². The Kier molecular flexibility index (Phi) is 3.57. The van der Waals surface area contributed by atoms with E-state index in [0.717, 1.165) is 30.5 Å². The summed E-state index contributed by atoms with van der Waals surface area (Å²) in [4.78, 5) is 13.4. The van der Waals surface area contributed by atoms with Crippen molar-refractivity contribution in [1.82, 2.24) is 4.90 Å². The van der Waals surface area contributed by atoms with E-state index in [1.165, 1.54) is 12.1 Å². The third-order valence-corrected chi connectivity index (χ3v) is 3.01. The lowest BCUT2D eigenvalue weighted by Gasteiger charge is -2.23. The van der Waals surface area contributed by atoms with Crippen LogP contribution in [0.25, 0.3) is 5.57 Å². The lowest BCUT2D eigenvalue weighted by Crippen LogP contribution is -2.30. The Hall–Kier alpha value is -1.64. The van der Waals surface area contributed by atoms with Crippen molar-refractivity contribution in [1.29, 1.82) is 0 Å². The maximum absolute atomic E-state index is 12.8. The monoisotopic (exact) mass is 233 g/mol. The van der Waals surface area contributed by atoms with E-state index in [0.29, 0.717) is 6.42 Å². The molecule has 1 aromatic rings. The van der Waals surface area contributed by atoms with Crippen molar-refractivity contribution in [2.24, 2.45) is 0 Å². The van der Waals surface area contributed by atoms with Gasteiger partial charge in [0.25, 0.3) is 0 Å². The molecule has 0 spiro atoms. The molecule has 1 aliphatic heterocycles. The molecule has 0 unspecified atom stereocenters. The number of carbonyl (C=O) groups is 1. The molecule has 17 heavy (non-hydrogen) atoms. The van der Waals surface area contributed by atoms with E-state index in [2.05, 4.69) is 0 Å². The van der Waals surface area contributed by atoms with Gasteiger partial charge in [0.15, 0.2) is 0 Å². The van der Waals surface area contributed by atoms with Crippen LogP contribution in [0.15, 0.2) is 30.5 Å². The van der Waals surface area contributed by atoms with Crippen molar-refractivity contribution in [2.45, 2.75) is 26.2 Å². The minimum Gasteiger partial charge on any atom is -0.319 e. The quantitative estimate of drug-likeness (QED) is 0.768. The van der Waals surface area contributed by atoms with E-state index in [9.17, 15) is 9.18 Å². The number of carbonyl (C=O) groups excluding carboxylic acids is 1. The van der Waals surface area contributed by atoms with Crippen LogP contribution >= 0.6 is 0 Å². The van der Waals surface area contributed by atoms with Crippen LogP contribution < -0.4 is 0 Å². The molecular weight excluding hydrogens is 217 g/mol. The fraction of sp³-hybridized carbons (Fsp3) is 0.357. The second-order valence-corrected chi connectivity index (χ2v) is 4.36. The lowest BCUT2D eigenvalue weighted by molar-refractivity contribution is -0.130. The van der Waals surface area contributed by atoms with Gasteiger partial charge in [0.05, 0.1) is 0 Å². The molecule has 0 aliphatic carbocycles. The van der Waals surface area contributed by atoms with E-state index in [1.54, 1.807) is 17.0 Å². The zero-order valence-corrected chi connectivity index (χ0v) is 9.95. The van der Waals surface area contributed by atoms with Crippen LogP contribution in [0.1, 0.15) is 31.7 Å². The molecule has 90 valence electrons. The summed E-state index contributed by atoms with van der Waals surface area (Å²) in [6, 6.07) is 6.33. The third-order valence-electron chi connectivity index (χ3n) is 3.01. The summed E-state index contributed by atoms with van der Waals surface area (Å²) in [5.41, 5.74) is 1.94. The number of likely N-dealkylation sites (tertiary alicyclic amines) is 1. The molecule has 1 aromatic carbocycles. The normalized spacial score (nSPS) is 17.4. The summed E-state index contributed by atoms with van der Waals surface area (Å²) in [5.74, 6) is -0.0617. The highest BCUT2D eigenvalue weighted by molar-refractivity contribution is 5.79. The van der Waals surface area contributed by atoms with E-state index in [4.69, 9.17) is 0 Å². The Morgan fingerprint density at radius 3 is 2.65 bits per heavy atom. The highest BCUT2D eigenvalue weighted by Gasteiger charge is 2.16.